The van der Waals surface area contributed by atoms with Gasteiger partial charge in [0, 0.05) is 19.5 Å². The van der Waals surface area contributed by atoms with E-state index >= 15 is 0 Å². The van der Waals surface area contributed by atoms with E-state index in [1.165, 1.54) is 38.9 Å². The Morgan fingerprint density at radius 3 is 2.84 bits per heavy atom. The highest BCUT2D eigenvalue weighted by molar-refractivity contribution is 5.75. The number of rotatable bonds is 9. The van der Waals surface area contributed by atoms with E-state index in [4.69, 9.17) is 0 Å². The molecule has 1 atom stereocenters. The molecular weight excluding hydrogens is 238 g/mol. The summed E-state index contributed by atoms with van der Waals surface area (Å²) < 4.78 is 0. The fourth-order valence-corrected chi connectivity index (χ4v) is 2.69. The van der Waals surface area contributed by atoms with E-state index in [2.05, 4.69) is 22.5 Å². The van der Waals surface area contributed by atoms with E-state index in [1.54, 1.807) is 0 Å². The number of piperidine rings is 1. The van der Waals surface area contributed by atoms with E-state index < -0.39 is 0 Å². The van der Waals surface area contributed by atoms with Crippen LogP contribution in [0.2, 0.25) is 0 Å². The van der Waals surface area contributed by atoms with E-state index in [9.17, 15) is 4.79 Å². The molecule has 1 amide bonds. The van der Waals surface area contributed by atoms with Gasteiger partial charge in [-0.15, -0.1) is 0 Å². The number of carbonyl (C=O) groups is 1. The van der Waals surface area contributed by atoms with Gasteiger partial charge in [0.15, 0.2) is 0 Å². The van der Waals surface area contributed by atoms with Crippen LogP contribution in [0.15, 0.2) is 0 Å². The second kappa shape index (κ2) is 10.2. The van der Waals surface area contributed by atoms with Gasteiger partial charge in [0.1, 0.15) is 0 Å². The van der Waals surface area contributed by atoms with Crippen molar-refractivity contribution in [2.75, 3.05) is 39.8 Å². The summed E-state index contributed by atoms with van der Waals surface area (Å²) in [6.07, 6.45) is 6.60. The Morgan fingerprint density at radius 2 is 2.11 bits per heavy atom. The maximum absolute atomic E-state index is 11.5. The maximum Gasteiger partial charge on any atom is 0.220 e. The Balaban J connectivity index is 1.91. The number of likely N-dealkylation sites (tertiary alicyclic amines) is 1. The minimum absolute atomic E-state index is 0.196. The Bertz CT molecular complexity index is 246. The van der Waals surface area contributed by atoms with Crippen LogP contribution >= 0.6 is 0 Å². The third-order valence-corrected chi connectivity index (χ3v) is 3.80. The summed E-state index contributed by atoms with van der Waals surface area (Å²) in [4.78, 5) is 14.0. The Hall–Kier alpha value is -0.610. The van der Waals surface area contributed by atoms with Gasteiger partial charge in [-0.3, -0.25) is 4.79 Å². The van der Waals surface area contributed by atoms with E-state index in [0.717, 1.165) is 31.8 Å². The molecule has 1 unspecified atom stereocenters. The maximum atomic E-state index is 11.5. The molecule has 0 spiro atoms. The van der Waals surface area contributed by atoms with Crippen molar-refractivity contribution in [3.8, 4) is 0 Å². The highest BCUT2D eigenvalue weighted by Crippen LogP contribution is 2.15. The van der Waals surface area contributed by atoms with Gasteiger partial charge in [0.05, 0.1) is 0 Å². The molecule has 1 rings (SSSR count). The van der Waals surface area contributed by atoms with Crippen LogP contribution in [0.4, 0.5) is 0 Å². The van der Waals surface area contributed by atoms with Crippen LogP contribution in [0.25, 0.3) is 0 Å². The van der Waals surface area contributed by atoms with Crippen LogP contribution in [0.1, 0.15) is 45.4 Å². The molecule has 0 aromatic heterocycles. The molecule has 1 fully saturated rings. The molecule has 0 saturated carbocycles. The minimum atomic E-state index is 0.196. The monoisotopic (exact) mass is 269 g/mol. The average molecular weight is 269 g/mol. The second-order valence-corrected chi connectivity index (χ2v) is 5.81. The van der Waals surface area contributed by atoms with Gasteiger partial charge in [0.2, 0.25) is 5.91 Å². The Labute approximate surface area is 118 Å². The van der Waals surface area contributed by atoms with Crippen molar-refractivity contribution in [1.82, 2.24) is 15.5 Å². The van der Waals surface area contributed by atoms with Gasteiger partial charge in [-0.1, -0.05) is 6.92 Å². The molecule has 1 heterocycles. The summed E-state index contributed by atoms with van der Waals surface area (Å²) in [6.45, 7) is 7.82. The SMILES string of the molecule is CNCCCC(=O)NCCCCN1CCCC(C)C1. The number of amides is 1. The molecular formula is C15H31N3O. The molecule has 0 radical (unpaired) electrons. The molecule has 2 N–H and O–H groups in total. The number of nitrogens with zero attached hydrogens (tertiary/aromatic N) is 1. The lowest BCUT2D eigenvalue weighted by atomic mass is 10.0. The number of hydrogen-bond donors (Lipinski definition) is 2. The number of hydrogen-bond acceptors (Lipinski definition) is 3. The zero-order chi connectivity index (χ0) is 13.9. The quantitative estimate of drug-likeness (QED) is 0.625. The molecule has 4 heteroatoms. The van der Waals surface area contributed by atoms with E-state index in [0.29, 0.717) is 6.42 Å². The molecule has 1 saturated heterocycles. The Kier molecular flexibility index (Phi) is 8.84. The average Bonchev–Trinajstić information content (AvgIpc) is 2.39. The van der Waals surface area contributed by atoms with Crippen molar-refractivity contribution in [3.05, 3.63) is 0 Å². The van der Waals surface area contributed by atoms with Crippen LogP contribution in [0, 0.1) is 5.92 Å². The fourth-order valence-electron chi connectivity index (χ4n) is 2.69. The highest BCUT2D eigenvalue weighted by Gasteiger charge is 2.15. The summed E-state index contributed by atoms with van der Waals surface area (Å²) in [5, 5.41) is 6.06. The largest absolute Gasteiger partial charge is 0.356 e. The summed E-state index contributed by atoms with van der Waals surface area (Å²) in [5.74, 6) is 1.06. The first-order valence-electron chi connectivity index (χ1n) is 7.86. The lowest BCUT2D eigenvalue weighted by molar-refractivity contribution is -0.121. The van der Waals surface area contributed by atoms with Crippen LogP contribution in [-0.4, -0.2) is 50.6 Å². The van der Waals surface area contributed by atoms with Gasteiger partial charge >= 0.3 is 0 Å². The van der Waals surface area contributed by atoms with Gasteiger partial charge in [-0.2, -0.15) is 0 Å². The summed E-state index contributed by atoms with van der Waals surface area (Å²) in [6, 6.07) is 0. The van der Waals surface area contributed by atoms with Gasteiger partial charge in [-0.05, 0) is 64.7 Å². The molecule has 19 heavy (non-hydrogen) atoms. The Morgan fingerprint density at radius 1 is 1.26 bits per heavy atom. The predicted octanol–water partition coefficient (Wildman–Crippen LogP) is 1.61. The zero-order valence-corrected chi connectivity index (χ0v) is 12.7. The molecule has 0 aromatic rings. The van der Waals surface area contributed by atoms with Crippen LogP contribution in [0.3, 0.4) is 0 Å². The van der Waals surface area contributed by atoms with Gasteiger partial charge in [-0.25, -0.2) is 0 Å². The van der Waals surface area contributed by atoms with Crippen molar-refractivity contribution in [2.45, 2.75) is 45.4 Å². The molecule has 4 nitrogen and oxygen atoms in total. The van der Waals surface area contributed by atoms with Crippen molar-refractivity contribution in [3.63, 3.8) is 0 Å². The van der Waals surface area contributed by atoms with E-state index in [-0.39, 0.29) is 5.91 Å². The first-order chi connectivity index (χ1) is 9.22. The highest BCUT2D eigenvalue weighted by atomic mass is 16.1. The first kappa shape index (κ1) is 16.4. The smallest absolute Gasteiger partial charge is 0.220 e. The topological polar surface area (TPSA) is 44.4 Å². The standard InChI is InChI=1S/C15H31N3O/c1-14-7-6-12-18(13-14)11-4-3-10-17-15(19)8-5-9-16-2/h14,16H,3-13H2,1-2H3,(H,17,19). The molecule has 1 aliphatic rings. The van der Waals surface area contributed by atoms with Crippen molar-refractivity contribution in [2.24, 2.45) is 5.92 Å². The lowest BCUT2D eigenvalue weighted by Gasteiger charge is -2.30. The lowest BCUT2D eigenvalue weighted by Crippen LogP contribution is -2.35. The number of carbonyl (C=O) groups excluding carboxylic acids is 1. The summed E-state index contributed by atoms with van der Waals surface area (Å²) in [7, 11) is 1.92. The normalized spacial score (nSPS) is 20.4. The minimum Gasteiger partial charge on any atom is -0.356 e. The predicted molar refractivity (Wildman–Crippen MR) is 80.2 cm³/mol. The fraction of sp³-hybridized carbons (Fsp3) is 0.933. The van der Waals surface area contributed by atoms with Gasteiger partial charge < -0.3 is 15.5 Å². The second-order valence-electron chi connectivity index (χ2n) is 5.81. The molecule has 0 aliphatic carbocycles. The van der Waals surface area contributed by atoms with Crippen molar-refractivity contribution in [1.29, 1.82) is 0 Å². The number of unbranched alkanes of at least 4 members (excludes halogenated alkanes) is 1. The summed E-state index contributed by atoms with van der Waals surface area (Å²) >= 11 is 0. The molecule has 1 aliphatic heterocycles. The zero-order valence-electron chi connectivity index (χ0n) is 12.7. The van der Waals surface area contributed by atoms with Crippen LogP contribution in [0.5, 0.6) is 0 Å². The van der Waals surface area contributed by atoms with E-state index in [1.807, 2.05) is 7.05 Å². The third-order valence-electron chi connectivity index (χ3n) is 3.80. The molecule has 0 bridgehead atoms. The van der Waals surface area contributed by atoms with Crippen LogP contribution < -0.4 is 10.6 Å². The number of nitrogens with one attached hydrogen (secondary N) is 2. The third kappa shape index (κ3) is 8.22. The van der Waals surface area contributed by atoms with Crippen molar-refractivity contribution >= 4 is 5.91 Å². The molecule has 112 valence electrons. The van der Waals surface area contributed by atoms with Gasteiger partial charge in [0.25, 0.3) is 0 Å². The van der Waals surface area contributed by atoms with Crippen molar-refractivity contribution < 1.29 is 4.79 Å². The first-order valence-corrected chi connectivity index (χ1v) is 7.86. The van der Waals surface area contributed by atoms with Crippen LogP contribution in [-0.2, 0) is 4.79 Å². The summed E-state index contributed by atoms with van der Waals surface area (Å²) in [5.41, 5.74) is 0. The molecule has 0 aromatic carbocycles.